The predicted molar refractivity (Wildman–Crippen MR) is 107 cm³/mol. The molecule has 0 aliphatic rings. The molecule has 0 radical (unpaired) electrons. The summed E-state index contributed by atoms with van der Waals surface area (Å²) in [6.45, 7) is 4.15. The summed E-state index contributed by atoms with van der Waals surface area (Å²) in [6, 6.07) is 16.9. The zero-order chi connectivity index (χ0) is 19.2. The van der Waals surface area contributed by atoms with Gasteiger partial charge in [-0.3, -0.25) is 9.78 Å². The van der Waals surface area contributed by atoms with Gasteiger partial charge in [0.05, 0.1) is 28.7 Å². The largest absolute Gasteiger partial charge is 0.354 e. The topological polar surface area (TPSA) is 77.8 Å². The number of para-hydroxylation sites is 2. The molecule has 0 bridgehead atoms. The normalized spacial score (nSPS) is 10.1. The van der Waals surface area contributed by atoms with Crippen molar-refractivity contribution in [3.63, 3.8) is 0 Å². The van der Waals surface area contributed by atoms with Crippen molar-refractivity contribution in [3.8, 4) is 6.07 Å². The monoisotopic (exact) mass is 356 g/mol. The van der Waals surface area contributed by atoms with Gasteiger partial charge in [0.25, 0.3) is 5.91 Å². The van der Waals surface area contributed by atoms with Gasteiger partial charge in [0, 0.05) is 11.9 Å². The van der Waals surface area contributed by atoms with Crippen LogP contribution in [0.15, 0.2) is 60.9 Å². The Kier molecular flexibility index (Phi) is 5.48. The Morgan fingerprint density at radius 1 is 1.15 bits per heavy atom. The fourth-order valence-electron chi connectivity index (χ4n) is 2.86. The SMILES string of the molecule is CCc1cccc(C)c1Nc1cncc(C(=O)Nc2ccccc2C#N)c1. The van der Waals surface area contributed by atoms with Crippen LogP contribution in [0.2, 0.25) is 0 Å². The van der Waals surface area contributed by atoms with E-state index in [9.17, 15) is 4.79 Å². The van der Waals surface area contributed by atoms with Gasteiger partial charge >= 0.3 is 0 Å². The number of anilines is 3. The van der Waals surface area contributed by atoms with E-state index in [1.807, 2.05) is 19.1 Å². The number of rotatable bonds is 5. The van der Waals surface area contributed by atoms with Gasteiger partial charge in [-0.25, -0.2) is 0 Å². The third-order valence-corrected chi connectivity index (χ3v) is 4.31. The van der Waals surface area contributed by atoms with Crippen LogP contribution >= 0.6 is 0 Å². The third kappa shape index (κ3) is 4.13. The maximum absolute atomic E-state index is 12.6. The van der Waals surface area contributed by atoms with E-state index in [0.29, 0.717) is 16.8 Å². The molecule has 0 saturated carbocycles. The molecular formula is C22H20N4O. The molecule has 5 heteroatoms. The molecule has 2 N–H and O–H groups in total. The molecule has 1 aromatic heterocycles. The molecule has 134 valence electrons. The van der Waals surface area contributed by atoms with Crippen LogP contribution < -0.4 is 10.6 Å². The van der Waals surface area contributed by atoms with E-state index in [1.54, 1.807) is 36.5 Å². The molecule has 2 aromatic carbocycles. The predicted octanol–water partition coefficient (Wildman–Crippen LogP) is 4.82. The number of aromatic nitrogens is 1. The zero-order valence-electron chi connectivity index (χ0n) is 15.3. The number of carbonyl (C=O) groups is 1. The molecule has 0 spiro atoms. The first-order valence-electron chi connectivity index (χ1n) is 8.73. The van der Waals surface area contributed by atoms with Crippen LogP contribution in [0.1, 0.15) is 34.0 Å². The first-order valence-corrected chi connectivity index (χ1v) is 8.73. The Balaban J connectivity index is 1.84. The van der Waals surface area contributed by atoms with E-state index in [2.05, 4.69) is 34.7 Å². The number of nitriles is 1. The Hall–Kier alpha value is -3.65. The van der Waals surface area contributed by atoms with Crippen LogP contribution in [-0.4, -0.2) is 10.9 Å². The molecule has 3 rings (SSSR count). The molecule has 1 amide bonds. The molecule has 0 fully saturated rings. The highest BCUT2D eigenvalue weighted by molar-refractivity contribution is 6.05. The number of hydrogen-bond donors (Lipinski definition) is 2. The van der Waals surface area contributed by atoms with Crippen LogP contribution in [-0.2, 0) is 6.42 Å². The van der Waals surface area contributed by atoms with E-state index in [1.165, 1.54) is 11.8 Å². The smallest absolute Gasteiger partial charge is 0.257 e. The van der Waals surface area contributed by atoms with Crippen molar-refractivity contribution in [1.29, 1.82) is 5.26 Å². The second-order valence-electron chi connectivity index (χ2n) is 6.16. The third-order valence-electron chi connectivity index (χ3n) is 4.31. The highest BCUT2D eigenvalue weighted by Gasteiger charge is 2.11. The Labute approximate surface area is 158 Å². The van der Waals surface area contributed by atoms with Crippen LogP contribution in [0, 0.1) is 18.3 Å². The molecule has 27 heavy (non-hydrogen) atoms. The minimum Gasteiger partial charge on any atom is -0.354 e. The minimum absolute atomic E-state index is 0.311. The second kappa shape index (κ2) is 8.15. The first kappa shape index (κ1) is 18.2. The lowest BCUT2D eigenvalue weighted by Gasteiger charge is -2.14. The molecule has 0 saturated heterocycles. The number of nitrogens with one attached hydrogen (secondary N) is 2. The van der Waals surface area contributed by atoms with E-state index in [4.69, 9.17) is 5.26 Å². The maximum Gasteiger partial charge on any atom is 0.257 e. The first-order chi connectivity index (χ1) is 13.1. The molecule has 0 aliphatic heterocycles. The molecule has 1 heterocycles. The number of amides is 1. The van der Waals surface area contributed by atoms with Crippen molar-refractivity contribution in [2.45, 2.75) is 20.3 Å². The van der Waals surface area contributed by atoms with Gasteiger partial charge in [-0.2, -0.15) is 5.26 Å². The summed E-state index contributed by atoms with van der Waals surface area (Å²) >= 11 is 0. The number of pyridine rings is 1. The highest BCUT2D eigenvalue weighted by atomic mass is 16.1. The van der Waals surface area contributed by atoms with Crippen molar-refractivity contribution in [2.75, 3.05) is 10.6 Å². The van der Waals surface area contributed by atoms with Gasteiger partial charge in [-0.15, -0.1) is 0 Å². The van der Waals surface area contributed by atoms with Crippen LogP contribution in [0.3, 0.4) is 0 Å². The lowest BCUT2D eigenvalue weighted by Crippen LogP contribution is -2.13. The van der Waals surface area contributed by atoms with Crippen molar-refractivity contribution in [2.24, 2.45) is 0 Å². The summed E-state index contributed by atoms with van der Waals surface area (Å²) in [4.78, 5) is 16.8. The maximum atomic E-state index is 12.6. The lowest BCUT2D eigenvalue weighted by atomic mass is 10.1. The summed E-state index contributed by atoms with van der Waals surface area (Å²) in [7, 11) is 0. The average molecular weight is 356 g/mol. The lowest BCUT2D eigenvalue weighted by molar-refractivity contribution is 0.102. The fraction of sp³-hybridized carbons (Fsp3) is 0.136. The Morgan fingerprint density at radius 2 is 1.96 bits per heavy atom. The number of carbonyl (C=O) groups excluding carboxylic acids is 1. The quantitative estimate of drug-likeness (QED) is 0.687. The summed E-state index contributed by atoms with van der Waals surface area (Å²) in [5.41, 5.74) is 5.42. The highest BCUT2D eigenvalue weighted by Crippen LogP contribution is 2.25. The molecule has 0 atom stereocenters. The van der Waals surface area contributed by atoms with Gasteiger partial charge in [-0.1, -0.05) is 37.3 Å². The van der Waals surface area contributed by atoms with Gasteiger partial charge in [0.15, 0.2) is 0 Å². The van der Waals surface area contributed by atoms with E-state index in [-0.39, 0.29) is 5.91 Å². The number of benzene rings is 2. The average Bonchev–Trinajstić information content (AvgIpc) is 2.70. The zero-order valence-corrected chi connectivity index (χ0v) is 15.3. The molecule has 5 nitrogen and oxygen atoms in total. The van der Waals surface area contributed by atoms with Gasteiger partial charge in [0.2, 0.25) is 0 Å². The van der Waals surface area contributed by atoms with Gasteiger partial charge in [0.1, 0.15) is 6.07 Å². The van der Waals surface area contributed by atoms with Crippen LogP contribution in [0.25, 0.3) is 0 Å². The second-order valence-corrected chi connectivity index (χ2v) is 6.16. The molecule has 3 aromatic rings. The van der Waals surface area contributed by atoms with Gasteiger partial charge in [-0.05, 0) is 42.7 Å². The van der Waals surface area contributed by atoms with E-state index >= 15 is 0 Å². The summed E-state index contributed by atoms with van der Waals surface area (Å²) in [6.07, 6.45) is 4.10. The molecular weight excluding hydrogens is 336 g/mol. The summed E-state index contributed by atoms with van der Waals surface area (Å²) < 4.78 is 0. The van der Waals surface area contributed by atoms with Crippen molar-refractivity contribution in [1.82, 2.24) is 4.98 Å². The van der Waals surface area contributed by atoms with Crippen LogP contribution in [0.4, 0.5) is 17.1 Å². The van der Waals surface area contributed by atoms with E-state index < -0.39 is 0 Å². The van der Waals surface area contributed by atoms with Crippen molar-refractivity contribution >= 4 is 23.0 Å². The summed E-state index contributed by atoms with van der Waals surface area (Å²) in [5, 5.41) is 15.3. The van der Waals surface area contributed by atoms with Crippen molar-refractivity contribution in [3.05, 3.63) is 83.2 Å². The van der Waals surface area contributed by atoms with Crippen molar-refractivity contribution < 1.29 is 4.79 Å². The standard InChI is InChI=1S/C22H20N4O/c1-3-16-9-6-7-15(2)21(16)25-19-11-18(13-24-14-19)22(27)26-20-10-5-4-8-17(20)12-23/h4-11,13-14,25H,3H2,1-2H3,(H,26,27). The Bertz CT molecular complexity index is 1020. The van der Waals surface area contributed by atoms with E-state index in [0.717, 1.165) is 23.4 Å². The number of aryl methyl sites for hydroxylation is 2. The number of nitrogens with zero attached hydrogens (tertiary/aromatic N) is 2. The fourth-order valence-corrected chi connectivity index (χ4v) is 2.86. The summed E-state index contributed by atoms with van der Waals surface area (Å²) in [5.74, 6) is -0.311. The minimum atomic E-state index is -0.311. The molecule has 0 unspecified atom stereocenters. The van der Waals surface area contributed by atoms with Crippen LogP contribution in [0.5, 0.6) is 0 Å². The number of hydrogen-bond acceptors (Lipinski definition) is 4. The molecule has 0 aliphatic carbocycles. The Morgan fingerprint density at radius 3 is 2.74 bits per heavy atom. The van der Waals surface area contributed by atoms with Gasteiger partial charge < -0.3 is 10.6 Å².